The van der Waals surface area contributed by atoms with E-state index in [0.717, 1.165) is 31.0 Å². The lowest BCUT2D eigenvalue weighted by molar-refractivity contribution is 0.0929. The van der Waals surface area contributed by atoms with Gasteiger partial charge in [0.25, 0.3) is 0 Å². The van der Waals surface area contributed by atoms with Crippen LogP contribution in [-0.4, -0.2) is 12.1 Å². The number of furan rings is 1. The summed E-state index contributed by atoms with van der Waals surface area (Å²) in [6, 6.07) is 23.5. The molecule has 0 bridgehead atoms. The van der Waals surface area contributed by atoms with Crippen molar-refractivity contribution < 1.29 is 9.21 Å². The number of nitrogens with one attached hydrogen (secondary N) is 1. The Morgan fingerprint density at radius 1 is 0.929 bits per heavy atom. The molecule has 0 saturated heterocycles. The third-order valence-electron chi connectivity index (χ3n) is 4.16. The van der Waals surface area contributed by atoms with E-state index in [2.05, 4.69) is 54.5 Å². The van der Waals surface area contributed by atoms with E-state index in [1.165, 1.54) is 0 Å². The fraction of sp³-hybridized carbons (Fsp3) is 0. The maximum Gasteiger partial charge on any atom is 0.307 e. The van der Waals surface area contributed by atoms with E-state index >= 15 is 0 Å². The summed E-state index contributed by atoms with van der Waals surface area (Å²) in [5, 5.41) is 4.85. The number of fused-ring (bicyclic) bond motifs is 1. The van der Waals surface area contributed by atoms with Crippen LogP contribution in [0.3, 0.4) is 0 Å². The molecule has 0 spiro atoms. The molecule has 3 aromatic carbocycles. The Morgan fingerprint density at radius 2 is 1.64 bits per heavy atom. The van der Waals surface area contributed by atoms with Gasteiger partial charge in [0.2, 0.25) is 0 Å². The third-order valence-corrected chi connectivity index (χ3v) is 5.20. The molecule has 1 heterocycles. The van der Waals surface area contributed by atoms with Crippen LogP contribution in [0.1, 0.15) is 16.1 Å². The van der Waals surface area contributed by atoms with E-state index in [4.69, 9.17) is 4.42 Å². The Hall–Kier alpha value is -2.70. The highest BCUT2D eigenvalue weighted by Gasteiger charge is 2.14. The molecule has 0 fully saturated rings. The van der Waals surface area contributed by atoms with Gasteiger partial charge >= 0.3 is 5.91 Å². The minimum Gasteiger partial charge on any atom is -0.450 e. The van der Waals surface area contributed by atoms with Gasteiger partial charge in [-0.2, -0.15) is 5.10 Å². The second kappa shape index (κ2) is 8.12. The van der Waals surface area contributed by atoms with Crippen LogP contribution in [0.4, 0.5) is 0 Å². The van der Waals surface area contributed by atoms with Gasteiger partial charge < -0.3 is 4.42 Å². The lowest BCUT2D eigenvalue weighted by Gasteiger charge is -2.01. The van der Waals surface area contributed by atoms with E-state index in [1.807, 2.05) is 54.6 Å². The number of rotatable bonds is 4. The highest BCUT2D eigenvalue weighted by atomic mass is 79.9. The summed E-state index contributed by atoms with van der Waals surface area (Å²) in [6.45, 7) is 0. The van der Waals surface area contributed by atoms with Crippen LogP contribution in [0.2, 0.25) is 0 Å². The van der Waals surface area contributed by atoms with Crippen molar-refractivity contribution in [2.45, 2.75) is 0 Å². The molecule has 0 saturated carbocycles. The molecule has 6 heteroatoms. The van der Waals surface area contributed by atoms with Gasteiger partial charge in [0.1, 0.15) is 5.58 Å². The Bertz CT molecular complexity index is 1170. The van der Waals surface area contributed by atoms with Crippen LogP contribution in [0.15, 0.2) is 91.3 Å². The SMILES string of the molecule is O=C(N/N=C\c1ccc(-c2ccccc2)cc1)c1cc2cc(Br)cc(Br)c2o1. The number of hydrogen-bond acceptors (Lipinski definition) is 3. The Labute approximate surface area is 178 Å². The molecular weight excluding hydrogens is 484 g/mol. The zero-order valence-electron chi connectivity index (χ0n) is 14.5. The molecule has 4 rings (SSSR count). The summed E-state index contributed by atoms with van der Waals surface area (Å²) in [4.78, 5) is 12.3. The average molecular weight is 498 g/mol. The molecule has 0 aliphatic carbocycles. The minimum atomic E-state index is -0.406. The summed E-state index contributed by atoms with van der Waals surface area (Å²) >= 11 is 6.85. The fourth-order valence-corrected chi connectivity index (χ4v) is 4.14. The van der Waals surface area contributed by atoms with Gasteiger partial charge in [0.15, 0.2) is 5.76 Å². The Kier molecular flexibility index (Phi) is 5.41. The number of halogens is 2. The van der Waals surface area contributed by atoms with Crippen molar-refractivity contribution in [3.8, 4) is 11.1 Å². The van der Waals surface area contributed by atoms with Crippen molar-refractivity contribution >= 4 is 55.0 Å². The first-order valence-electron chi connectivity index (χ1n) is 8.47. The standard InChI is InChI=1S/C22H14Br2N2O2/c23-18-10-17-11-20(28-21(17)19(24)12-18)22(27)26-25-13-14-6-8-16(9-7-14)15-4-2-1-3-5-15/h1-13H,(H,26,27)/b25-13-. The molecule has 1 N–H and O–H groups in total. The Morgan fingerprint density at radius 3 is 2.39 bits per heavy atom. The van der Waals surface area contributed by atoms with Gasteiger partial charge in [-0.05, 0) is 50.8 Å². The van der Waals surface area contributed by atoms with Crippen molar-refractivity contribution in [3.05, 3.63) is 93.1 Å². The zero-order valence-corrected chi connectivity index (χ0v) is 17.7. The highest BCUT2D eigenvalue weighted by Crippen LogP contribution is 2.31. The summed E-state index contributed by atoms with van der Waals surface area (Å²) in [5.74, 6) is -0.207. The first-order chi connectivity index (χ1) is 13.6. The highest BCUT2D eigenvalue weighted by molar-refractivity contribution is 9.11. The summed E-state index contributed by atoms with van der Waals surface area (Å²) in [6.07, 6.45) is 1.60. The number of amides is 1. The smallest absolute Gasteiger partial charge is 0.307 e. The van der Waals surface area contributed by atoms with Crippen LogP contribution in [0.5, 0.6) is 0 Å². The number of carbonyl (C=O) groups excluding carboxylic acids is 1. The van der Waals surface area contributed by atoms with E-state index in [-0.39, 0.29) is 5.76 Å². The topological polar surface area (TPSA) is 54.6 Å². The van der Waals surface area contributed by atoms with E-state index in [9.17, 15) is 4.79 Å². The number of benzene rings is 3. The molecule has 0 radical (unpaired) electrons. The van der Waals surface area contributed by atoms with Crippen LogP contribution < -0.4 is 5.43 Å². The molecule has 28 heavy (non-hydrogen) atoms. The number of nitrogens with zero attached hydrogens (tertiary/aromatic N) is 1. The zero-order chi connectivity index (χ0) is 19.5. The summed E-state index contributed by atoms with van der Waals surface area (Å²) in [7, 11) is 0. The molecule has 1 aromatic heterocycles. The van der Waals surface area contributed by atoms with Gasteiger partial charge in [-0.15, -0.1) is 0 Å². The lowest BCUT2D eigenvalue weighted by Crippen LogP contribution is -2.16. The van der Waals surface area contributed by atoms with Gasteiger partial charge in [-0.25, -0.2) is 5.43 Å². The largest absolute Gasteiger partial charge is 0.450 e. The predicted molar refractivity (Wildman–Crippen MR) is 119 cm³/mol. The van der Waals surface area contributed by atoms with Gasteiger partial charge in [0.05, 0.1) is 10.7 Å². The lowest BCUT2D eigenvalue weighted by atomic mass is 10.0. The van der Waals surface area contributed by atoms with E-state index in [1.54, 1.807) is 12.3 Å². The first-order valence-corrected chi connectivity index (χ1v) is 10.1. The second-order valence-electron chi connectivity index (χ2n) is 6.10. The van der Waals surface area contributed by atoms with E-state index in [0.29, 0.717) is 5.58 Å². The van der Waals surface area contributed by atoms with Crippen molar-refractivity contribution in [3.63, 3.8) is 0 Å². The second-order valence-corrected chi connectivity index (χ2v) is 7.87. The fourth-order valence-electron chi connectivity index (χ4n) is 2.80. The minimum absolute atomic E-state index is 0.199. The van der Waals surface area contributed by atoms with Gasteiger partial charge in [-0.3, -0.25) is 4.79 Å². The van der Waals surface area contributed by atoms with Gasteiger partial charge in [-0.1, -0.05) is 70.5 Å². The maximum absolute atomic E-state index is 12.3. The van der Waals surface area contributed by atoms with Crippen LogP contribution in [0, 0.1) is 0 Å². The van der Waals surface area contributed by atoms with Crippen molar-refractivity contribution in [2.24, 2.45) is 5.10 Å². The molecular formula is C22H14Br2N2O2. The van der Waals surface area contributed by atoms with Crippen LogP contribution >= 0.6 is 31.9 Å². The molecule has 4 nitrogen and oxygen atoms in total. The maximum atomic E-state index is 12.3. The Balaban J connectivity index is 1.44. The number of carbonyl (C=O) groups is 1. The number of hydrogen-bond donors (Lipinski definition) is 1. The third kappa shape index (κ3) is 4.08. The predicted octanol–water partition coefficient (Wildman–Crippen LogP) is 6.39. The van der Waals surface area contributed by atoms with Crippen LogP contribution in [0.25, 0.3) is 22.1 Å². The van der Waals surface area contributed by atoms with Gasteiger partial charge in [0, 0.05) is 9.86 Å². The normalized spacial score (nSPS) is 11.2. The molecule has 0 atom stereocenters. The summed E-state index contributed by atoms with van der Waals surface area (Å²) < 4.78 is 7.30. The van der Waals surface area contributed by atoms with Crippen molar-refractivity contribution in [2.75, 3.05) is 0 Å². The van der Waals surface area contributed by atoms with Crippen LogP contribution in [-0.2, 0) is 0 Å². The molecule has 138 valence electrons. The molecule has 0 aliphatic rings. The quantitative estimate of drug-likeness (QED) is 0.262. The van der Waals surface area contributed by atoms with E-state index < -0.39 is 5.91 Å². The van der Waals surface area contributed by atoms with Crippen molar-refractivity contribution in [1.82, 2.24) is 5.43 Å². The average Bonchev–Trinajstić information content (AvgIpc) is 3.14. The summed E-state index contributed by atoms with van der Waals surface area (Å²) in [5.41, 5.74) is 6.28. The first kappa shape index (κ1) is 18.7. The molecule has 1 amide bonds. The molecule has 4 aromatic rings. The monoisotopic (exact) mass is 496 g/mol. The molecule has 0 aliphatic heterocycles. The number of hydrazone groups is 1. The van der Waals surface area contributed by atoms with Crippen molar-refractivity contribution in [1.29, 1.82) is 0 Å². The molecule has 0 unspecified atom stereocenters.